The number of hydrogen-bond donors (Lipinski definition) is 2. The second-order valence-electron chi connectivity index (χ2n) is 10.8. The van der Waals surface area contributed by atoms with Crippen LogP contribution in [0.25, 0.3) is 0 Å². The van der Waals surface area contributed by atoms with Crippen LogP contribution in [0.1, 0.15) is 72.9 Å². The Morgan fingerprint density at radius 1 is 1.16 bits per heavy atom. The number of rotatable bonds is 11. The maximum absolute atomic E-state index is 12.5. The van der Waals surface area contributed by atoms with Crippen LogP contribution in [0.2, 0.25) is 0 Å². The van der Waals surface area contributed by atoms with E-state index in [1.165, 1.54) is 17.5 Å². The third-order valence-corrected chi connectivity index (χ3v) is 8.15. The fraction of sp³-hybridized carbons (Fsp3) is 0.600. The molecule has 0 aliphatic carbocycles. The number of hydrogen-bond acceptors (Lipinski definition) is 6. The van der Waals surface area contributed by atoms with E-state index in [1.54, 1.807) is 0 Å². The first-order valence-corrected chi connectivity index (χ1v) is 14.1. The summed E-state index contributed by atoms with van der Waals surface area (Å²) in [5.41, 5.74) is 4.62. The van der Waals surface area contributed by atoms with E-state index in [0.717, 1.165) is 101 Å². The molecule has 2 atom stereocenters. The van der Waals surface area contributed by atoms with Gasteiger partial charge in [0.05, 0.1) is 6.61 Å². The predicted octanol–water partition coefficient (Wildman–Crippen LogP) is 4.82. The molecule has 3 aliphatic rings. The zero-order valence-electron chi connectivity index (χ0n) is 21.9. The van der Waals surface area contributed by atoms with Gasteiger partial charge in [0.15, 0.2) is 0 Å². The molecule has 0 bridgehead atoms. The summed E-state index contributed by atoms with van der Waals surface area (Å²) in [4.78, 5) is 19.4. The van der Waals surface area contributed by atoms with E-state index in [-0.39, 0.29) is 0 Å². The summed E-state index contributed by atoms with van der Waals surface area (Å²) in [6.07, 6.45) is 8.25. The fourth-order valence-corrected chi connectivity index (χ4v) is 6.13. The van der Waals surface area contributed by atoms with Crippen molar-refractivity contribution in [1.29, 1.82) is 0 Å². The molecular formula is C30H41N3O4. The van der Waals surface area contributed by atoms with Gasteiger partial charge < -0.3 is 19.9 Å². The van der Waals surface area contributed by atoms with Gasteiger partial charge in [-0.3, -0.25) is 9.69 Å². The van der Waals surface area contributed by atoms with Crippen LogP contribution in [-0.2, 0) is 27.1 Å². The molecule has 0 amide bonds. The van der Waals surface area contributed by atoms with E-state index in [2.05, 4.69) is 28.4 Å². The SMILES string of the molecule is O=C(O)C(c1ccccc1C1CCOCC1)N1CC[C@@H](COCCCCc2ccc3c(n2)NCCC3)C1. The number of carboxylic acid groups (broad SMARTS) is 1. The predicted molar refractivity (Wildman–Crippen MR) is 144 cm³/mol. The molecule has 0 radical (unpaired) electrons. The third kappa shape index (κ3) is 6.70. The first kappa shape index (κ1) is 26.1. The van der Waals surface area contributed by atoms with Gasteiger partial charge in [0.25, 0.3) is 0 Å². The van der Waals surface area contributed by atoms with Crippen LogP contribution in [0.3, 0.4) is 0 Å². The second kappa shape index (κ2) is 12.9. The summed E-state index contributed by atoms with van der Waals surface area (Å²) in [5.74, 6) is 1.07. The van der Waals surface area contributed by atoms with Crippen LogP contribution < -0.4 is 5.32 Å². The lowest BCUT2D eigenvalue weighted by Gasteiger charge is -2.30. The molecule has 2 aromatic rings. The van der Waals surface area contributed by atoms with Crippen molar-refractivity contribution in [3.05, 3.63) is 58.8 Å². The largest absolute Gasteiger partial charge is 0.480 e. The van der Waals surface area contributed by atoms with Crippen molar-refractivity contribution in [2.45, 2.75) is 63.3 Å². The molecule has 1 unspecified atom stereocenters. The van der Waals surface area contributed by atoms with Gasteiger partial charge in [-0.25, -0.2) is 4.98 Å². The minimum Gasteiger partial charge on any atom is -0.480 e. The van der Waals surface area contributed by atoms with Crippen molar-refractivity contribution in [3.8, 4) is 0 Å². The monoisotopic (exact) mass is 507 g/mol. The van der Waals surface area contributed by atoms with Gasteiger partial charge in [-0.05, 0) is 92.5 Å². The Morgan fingerprint density at radius 3 is 2.89 bits per heavy atom. The Balaban J connectivity index is 1.07. The Bertz CT molecular complexity index is 1040. The highest BCUT2D eigenvalue weighted by Gasteiger charge is 2.35. The highest BCUT2D eigenvalue weighted by Crippen LogP contribution is 2.36. The molecule has 2 N–H and O–H groups in total. The van der Waals surface area contributed by atoms with Gasteiger partial charge in [-0.15, -0.1) is 0 Å². The van der Waals surface area contributed by atoms with Crippen LogP contribution in [0.15, 0.2) is 36.4 Å². The van der Waals surface area contributed by atoms with E-state index >= 15 is 0 Å². The number of carbonyl (C=O) groups is 1. The number of unbranched alkanes of at least 4 members (excludes halogenated alkanes) is 1. The number of aromatic nitrogens is 1. The second-order valence-corrected chi connectivity index (χ2v) is 10.8. The molecule has 0 spiro atoms. The number of pyridine rings is 1. The molecule has 4 heterocycles. The minimum atomic E-state index is -0.757. The molecule has 1 aromatic heterocycles. The summed E-state index contributed by atoms with van der Waals surface area (Å²) < 4.78 is 11.6. The normalized spacial score (nSPS) is 21.4. The molecule has 7 nitrogen and oxygen atoms in total. The van der Waals surface area contributed by atoms with Gasteiger partial charge in [-0.2, -0.15) is 0 Å². The Hall–Kier alpha value is -2.48. The zero-order valence-corrected chi connectivity index (χ0v) is 21.9. The van der Waals surface area contributed by atoms with E-state index in [1.807, 2.05) is 18.2 Å². The highest BCUT2D eigenvalue weighted by atomic mass is 16.5. The van der Waals surface area contributed by atoms with Crippen molar-refractivity contribution in [1.82, 2.24) is 9.88 Å². The molecule has 2 fully saturated rings. The highest BCUT2D eigenvalue weighted by molar-refractivity contribution is 5.76. The Labute approximate surface area is 220 Å². The number of nitrogens with one attached hydrogen (secondary N) is 1. The van der Waals surface area contributed by atoms with Crippen LogP contribution in [-0.4, -0.2) is 67.0 Å². The molecule has 5 rings (SSSR count). The van der Waals surface area contributed by atoms with E-state index < -0.39 is 12.0 Å². The van der Waals surface area contributed by atoms with E-state index in [4.69, 9.17) is 14.5 Å². The molecule has 0 saturated carbocycles. The zero-order chi connectivity index (χ0) is 25.5. The number of aryl methyl sites for hydroxylation is 2. The average Bonchev–Trinajstić information content (AvgIpc) is 3.39. The lowest BCUT2D eigenvalue weighted by atomic mass is 9.85. The Kier molecular flexibility index (Phi) is 9.08. The number of likely N-dealkylation sites (tertiary alicyclic amines) is 1. The first-order chi connectivity index (χ1) is 18.2. The van der Waals surface area contributed by atoms with Crippen molar-refractivity contribution < 1.29 is 19.4 Å². The quantitative estimate of drug-likeness (QED) is 0.422. The summed E-state index contributed by atoms with van der Waals surface area (Å²) in [6, 6.07) is 11.9. The summed E-state index contributed by atoms with van der Waals surface area (Å²) >= 11 is 0. The number of benzene rings is 1. The Morgan fingerprint density at radius 2 is 2.03 bits per heavy atom. The number of anilines is 1. The topological polar surface area (TPSA) is 83.9 Å². The fourth-order valence-electron chi connectivity index (χ4n) is 6.13. The molecule has 3 aliphatic heterocycles. The maximum Gasteiger partial charge on any atom is 0.325 e. The smallest absolute Gasteiger partial charge is 0.325 e. The molecule has 2 saturated heterocycles. The van der Waals surface area contributed by atoms with Gasteiger partial charge in [0.2, 0.25) is 0 Å². The molecular weight excluding hydrogens is 466 g/mol. The van der Waals surface area contributed by atoms with Gasteiger partial charge in [-0.1, -0.05) is 30.3 Å². The van der Waals surface area contributed by atoms with Crippen LogP contribution in [0, 0.1) is 5.92 Å². The van der Waals surface area contributed by atoms with Crippen molar-refractivity contribution in [2.24, 2.45) is 5.92 Å². The maximum atomic E-state index is 12.5. The number of carboxylic acids is 1. The van der Waals surface area contributed by atoms with Crippen LogP contribution in [0.5, 0.6) is 0 Å². The third-order valence-electron chi connectivity index (χ3n) is 8.15. The first-order valence-electron chi connectivity index (χ1n) is 14.1. The molecule has 1 aromatic carbocycles. The lowest BCUT2D eigenvalue weighted by molar-refractivity contribution is -0.143. The minimum absolute atomic E-state index is 0.376. The summed E-state index contributed by atoms with van der Waals surface area (Å²) in [6.45, 7) is 5.53. The van der Waals surface area contributed by atoms with Crippen molar-refractivity contribution in [2.75, 3.05) is 51.4 Å². The number of nitrogens with zero attached hydrogens (tertiary/aromatic N) is 2. The van der Waals surface area contributed by atoms with Crippen molar-refractivity contribution >= 4 is 11.8 Å². The van der Waals surface area contributed by atoms with Crippen molar-refractivity contribution in [3.63, 3.8) is 0 Å². The average molecular weight is 508 g/mol. The number of aliphatic carboxylic acids is 1. The standard InChI is InChI=1S/C30H41N3O4/c34-30(35)28(27-9-2-1-8-26(27)23-13-18-36-19-14-23)33-16-12-22(20-33)21-37-17-4-3-7-25-11-10-24-6-5-15-31-29(24)32-25/h1-2,8-11,22-23,28H,3-7,12-21H2,(H,31,32)(H,34,35)/t22-,28?/m1/s1. The molecule has 37 heavy (non-hydrogen) atoms. The molecule has 200 valence electrons. The molecule has 7 heteroatoms. The number of fused-ring (bicyclic) bond motifs is 1. The van der Waals surface area contributed by atoms with Crippen LogP contribution >= 0.6 is 0 Å². The lowest BCUT2D eigenvalue weighted by Crippen LogP contribution is -2.34. The van der Waals surface area contributed by atoms with Gasteiger partial charge in [0.1, 0.15) is 11.9 Å². The van der Waals surface area contributed by atoms with E-state index in [0.29, 0.717) is 18.4 Å². The van der Waals surface area contributed by atoms with E-state index in [9.17, 15) is 9.90 Å². The van der Waals surface area contributed by atoms with Gasteiger partial charge in [0, 0.05) is 38.6 Å². The summed E-state index contributed by atoms with van der Waals surface area (Å²) in [7, 11) is 0. The number of ether oxygens (including phenoxy) is 2. The van der Waals surface area contributed by atoms with Gasteiger partial charge >= 0.3 is 5.97 Å². The summed E-state index contributed by atoms with van der Waals surface area (Å²) in [5, 5.41) is 13.6. The van der Waals surface area contributed by atoms with Crippen LogP contribution in [0.4, 0.5) is 5.82 Å².